The van der Waals surface area contributed by atoms with E-state index in [2.05, 4.69) is 36.6 Å². The van der Waals surface area contributed by atoms with Crippen LogP contribution >= 0.6 is 0 Å². The minimum Gasteiger partial charge on any atom is -0.484 e. The highest BCUT2D eigenvalue weighted by atomic mass is 16.5. The van der Waals surface area contributed by atoms with Crippen LogP contribution in [0.2, 0.25) is 0 Å². The molecule has 0 unspecified atom stereocenters. The van der Waals surface area contributed by atoms with E-state index in [0.717, 1.165) is 17.1 Å². The lowest BCUT2D eigenvalue weighted by atomic mass is 10.1. The summed E-state index contributed by atoms with van der Waals surface area (Å²) in [5.74, 6) is 0.486. The molecule has 0 radical (unpaired) electrons. The molecule has 0 fully saturated rings. The largest absolute Gasteiger partial charge is 0.484 e. The zero-order valence-corrected chi connectivity index (χ0v) is 15.0. The molecular formula is C22H22N2O2. The van der Waals surface area contributed by atoms with Gasteiger partial charge in [-0.3, -0.25) is 4.79 Å². The lowest BCUT2D eigenvalue weighted by molar-refractivity contribution is -0.118. The molecule has 3 aromatic carbocycles. The first-order valence-electron chi connectivity index (χ1n) is 8.53. The summed E-state index contributed by atoms with van der Waals surface area (Å²) in [5, 5.41) is 6.23. The lowest BCUT2D eigenvalue weighted by Gasteiger charge is -2.12. The van der Waals surface area contributed by atoms with Crippen LogP contribution in [0.1, 0.15) is 11.1 Å². The Bertz CT molecular complexity index is 874. The van der Waals surface area contributed by atoms with Gasteiger partial charge in [0.2, 0.25) is 0 Å². The van der Waals surface area contributed by atoms with Gasteiger partial charge in [-0.15, -0.1) is 0 Å². The van der Waals surface area contributed by atoms with Crippen molar-refractivity contribution in [1.29, 1.82) is 0 Å². The molecule has 4 nitrogen and oxygen atoms in total. The van der Waals surface area contributed by atoms with Crippen LogP contribution in [0.3, 0.4) is 0 Å². The number of anilines is 3. The first-order valence-corrected chi connectivity index (χ1v) is 8.53. The SMILES string of the molecule is Cc1cccc(Nc2ccc(NC(=O)COc3ccccc3)cc2)c1C. The number of para-hydroxylation sites is 1. The van der Waals surface area contributed by atoms with Crippen LogP contribution in [0.4, 0.5) is 17.1 Å². The lowest BCUT2D eigenvalue weighted by Crippen LogP contribution is -2.20. The molecule has 0 bridgehead atoms. The second kappa shape index (κ2) is 8.21. The first kappa shape index (κ1) is 17.5. The molecule has 0 aromatic heterocycles. The molecule has 0 saturated heterocycles. The number of ether oxygens (including phenoxy) is 1. The van der Waals surface area contributed by atoms with Crippen molar-refractivity contribution >= 4 is 23.0 Å². The molecule has 0 aliphatic carbocycles. The van der Waals surface area contributed by atoms with Gasteiger partial charge >= 0.3 is 0 Å². The molecule has 0 aliphatic heterocycles. The van der Waals surface area contributed by atoms with E-state index >= 15 is 0 Å². The van der Waals surface area contributed by atoms with Gasteiger partial charge in [-0.1, -0.05) is 30.3 Å². The second-order valence-electron chi connectivity index (χ2n) is 6.10. The van der Waals surface area contributed by atoms with Crippen molar-refractivity contribution in [1.82, 2.24) is 0 Å². The first-order chi connectivity index (χ1) is 12.6. The van der Waals surface area contributed by atoms with Crippen molar-refractivity contribution in [3.63, 3.8) is 0 Å². The Kier molecular flexibility index (Phi) is 5.54. The molecule has 0 aliphatic rings. The maximum Gasteiger partial charge on any atom is 0.262 e. The summed E-state index contributed by atoms with van der Waals surface area (Å²) in [5.41, 5.74) is 5.26. The van der Waals surface area contributed by atoms with E-state index in [1.165, 1.54) is 11.1 Å². The van der Waals surface area contributed by atoms with Crippen molar-refractivity contribution in [3.05, 3.63) is 83.9 Å². The van der Waals surface area contributed by atoms with E-state index in [0.29, 0.717) is 5.75 Å². The van der Waals surface area contributed by atoms with Gasteiger partial charge < -0.3 is 15.4 Å². The van der Waals surface area contributed by atoms with Crippen LogP contribution in [0.15, 0.2) is 72.8 Å². The molecule has 1 amide bonds. The molecule has 0 saturated carbocycles. The molecule has 0 atom stereocenters. The van der Waals surface area contributed by atoms with Gasteiger partial charge in [0, 0.05) is 17.1 Å². The van der Waals surface area contributed by atoms with Gasteiger partial charge in [0.15, 0.2) is 6.61 Å². The highest BCUT2D eigenvalue weighted by molar-refractivity contribution is 5.92. The number of hydrogen-bond donors (Lipinski definition) is 2. The average molecular weight is 346 g/mol. The third kappa shape index (κ3) is 4.63. The zero-order chi connectivity index (χ0) is 18.4. The highest BCUT2D eigenvalue weighted by Crippen LogP contribution is 2.23. The van der Waals surface area contributed by atoms with Crippen LogP contribution in [0.5, 0.6) is 5.75 Å². The van der Waals surface area contributed by atoms with Gasteiger partial charge in [-0.05, 0) is 67.4 Å². The molecule has 0 heterocycles. The summed E-state index contributed by atoms with van der Waals surface area (Å²) in [6.45, 7) is 4.17. The number of rotatable bonds is 6. The standard InChI is InChI=1S/C22H22N2O2/c1-16-7-6-10-21(17(16)2)23-18-11-13-19(14-12-18)24-22(25)15-26-20-8-4-3-5-9-20/h3-14,23H,15H2,1-2H3,(H,24,25). The van der Waals surface area contributed by atoms with E-state index in [4.69, 9.17) is 4.74 Å². The van der Waals surface area contributed by atoms with Crippen LogP contribution in [0, 0.1) is 13.8 Å². The summed E-state index contributed by atoms with van der Waals surface area (Å²) in [6.07, 6.45) is 0. The van der Waals surface area contributed by atoms with E-state index in [9.17, 15) is 4.79 Å². The van der Waals surface area contributed by atoms with Crippen molar-refractivity contribution in [3.8, 4) is 5.75 Å². The minimum absolute atomic E-state index is 0.0213. The summed E-state index contributed by atoms with van der Waals surface area (Å²) >= 11 is 0. The maximum atomic E-state index is 12.0. The van der Waals surface area contributed by atoms with Crippen LogP contribution < -0.4 is 15.4 Å². The predicted octanol–water partition coefficient (Wildman–Crippen LogP) is 5.06. The van der Waals surface area contributed by atoms with Crippen LogP contribution in [-0.2, 0) is 4.79 Å². The summed E-state index contributed by atoms with van der Waals surface area (Å²) in [6, 6.07) is 23.1. The number of nitrogens with one attached hydrogen (secondary N) is 2. The second-order valence-corrected chi connectivity index (χ2v) is 6.10. The van der Waals surface area contributed by atoms with Gasteiger partial charge in [0.25, 0.3) is 5.91 Å². The van der Waals surface area contributed by atoms with E-state index in [1.807, 2.05) is 60.7 Å². The van der Waals surface area contributed by atoms with Gasteiger partial charge in [-0.25, -0.2) is 0 Å². The molecule has 132 valence electrons. The Morgan fingerprint density at radius 1 is 0.846 bits per heavy atom. The van der Waals surface area contributed by atoms with E-state index in [1.54, 1.807) is 0 Å². The normalized spacial score (nSPS) is 10.2. The molecule has 3 rings (SSSR count). The predicted molar refractivity (Wildman–Crippen MR) is 106 cm³/mol. The number of aryl methyl sites for hydroxylation is 1. The number of amides is 1. The summed E-state index contributed by atoms with van der Waals surface area (Å²) < 4.78 is 5.44. The number of hydrogen-bond acceptors (Lipinski definition) is 3. The third-order valence-electron chi connectivity index (χ3n) is 4.17. The minimum atomic E-state index is -0.191. The molecule has 3 aromatic rings. The van der Waals surface area contributed by atoms with Gasteiger partial charge in [0.1, 0.15) is 5.75 Å². The number of carbonyl (C=O) groups excluding carboxylic acids is 1. The molecule has 4 heteroatoms. The Morgan fingerprint density at radius 3 is 2.27 bits per heavy atom. The monoisotopic (exact) mass is 346 g/mol. The average Bonchev–Trinajstić information content (AvgIpc) is 2.66. The summed E-state index contributed by atoms with van der Waals surface area (Å²) in [7, 11) is 0. The fourth-order valence-electron chi connectivity index (χ4n) is 2.54. The zero-order valence-electron chi connectivity index (χ0n) is 15.0. The molecule has 0 spiro atoms. The quantitative estimate of drug-likeness (QED) is 0.655. The van der Waals surface area contributed by atoms with E-state index < -0.39 is 0 Å². The van der Waals surface area contributed by atoms with Crippen LogP contribution in [0.25, 0.3) is 0 Å². The number of benzene rings is 3. The Hall–Kier alpha value is -3.27. The highest BCUT2D eigenvalue weighted by Gasteiger charge is 2.05. The topological polar surface area (TPSA) is 50.4 Å². The van der Waals surface area contributed by atoms with Crippen molar-refractivity contribution in [2.45, 2.75) is 13.8 Å². The Balaban J connectivity index is 1.55. The fourth-order valence-corrected chi connectivity index (χ4v) is 2.54. The van der Waals surface area contributed by atoms with Crippen molar-refractivity contribution in [2.75, 3.05) is 17.2 Å². The molecule has 26 heavy (non-hydrogen) atoms. The van der Waals surface area contributed by atoms with Gasteiger partial charge in [0.05, 0.1) is 0 Å². The van der Waals surface area contributed by atoms with Crippen molar-refractivity contribution in [2.24, 2.45) is 0 Å². The Labute approximate surface area is 153 Å². The van der Waals surface area contributed by atoms with Crippen molar-refractivity contribution < 1.29 is 9.53 Å². The third-order valence-corrected chi connectivity index (χ3v) is 4.17. The summed E-state index contributed by atoms with van der Waals surface area (Å²) in [4.78, 5) is 12.0. The Morgan fingerprint density at radius 2 is 1.54 bits per heavy atom. The number of carbonyl (C=O) groups is 1. The van der Waals surface area contributed by atoms with E-state index in [-0.39, 0.29) is 12.5 Å². The smallest absolute Gasteiger partial charge is 0.262 e. The van der Waals surface area contributed by atoms with Gasteiger partial charge in [-0.2, -0.15) is 0 Å². The maximum absolute atomic E-state index is 12.0. The molecule has 2 N–H and O–H groups in total. The molecular weight excluding hydrogens is 324 g/mol. The fraction of sp³-hybridized carbons (Fsp3) is 0.136. The van der Waals surface area contributed by atoms with Crippen LogP contribution in [-0.4, -0.2) is 12.5 Å².